The van der Waals surface area contributed by atoms with Gasteiger partial charge in [0.05, 0.1) is 4.90 Å². The van der Waals surface area contributed by atoms with Gasteiger partial charge >= 0.3 is 0 Å². The molecule has 24 heavy (non-hydrogen) atoms. The number of nitrogens with zero attached hydrogens (tertiary/aromatic N) is 1. The van der Waals surface area contributed by atoms with Crippen LogP contribution in [0, 0.1) is 0 Å². The molecule has 6 heteroatoms. The molecule has 0 aromatic heterocycles. The third-order valence-corrected chi connectivity index (χ3v) is 6.43. The molecule has 0 unspecified atom stereocenters. The van der Waals surface area contributed by atoms with E-state index in [1.165, 1.54) is 22.0 Å². The summed E-state index contributed by atoms with van der Waals surface area (Å²) in [5, 5.41) is 19.0. The molecule has 0 amide bonds. The smallest absolute Gasteiger partial charge is 0.243 e. The number of hydrogen-bond donors (Lipinski definition) is 2. The molecule has 2 aromatic carbocycles. The van der Waals surface area contributed by atoms with Crippen LogP contribution in [-0.4, -0.2) is 35.5 Å². The predicted molar refractivity (Wildman–Crippen MR) is 91.4 cm³/mol. The molecule has 128 valence electrons. The van der Waals surface area contributed by atoms with Gasteiger partial charge in [-0.2, -0.15) is 4.31 Å². The molecule has 0 aliphatic carbocycles. The Kier molecular flexibility index (Phi) is 4.78. The SMILES string of the molecule is O=S(=O)(c1ccc(O)c(O)c1)N1CCC[C@H]1CCc1ccccc1. The summed E-state index contributed by atoms with van der Waals surface area (Å²) in [6, 6.07) is 13.6. The van der Waals surface area contributed by atoms with Crippen LogP contribution in [0.25, 0.3) is 0 Å². The fourth-order valence-electron chi connectivity index (χ4n) is 3.19. The quantitative estimate of drug-likeness (QED) is 0.815. The van der Waals surface area contributed by atoms with Gasteiger partial charge in [-0.15, -0.1) is 0 Å². The van der Waals surface area contributed by atoms with Crippen molar-refractivity contribution in [2.24, 2.45) is 0 Å². The fourth-order valence-corrected chi connectivity index (χ4v) is 4.94. The van der Waals surface area contributed by atoms with E-state index in [4.69, 9.17) is 0 Å². The number of sulfonamides is 1. The van der Waals surface area contributed by atoms with Crippen molar-refractivity contribution in [3.8, 4) is 11.5 Å². The minimum atomic E-state index is -3.67. The Morgan fingerprint density at radius 1 is 1.04 bits per heavy atom. The zero-order chi connectivity index (χ0) is 17.2. The van der Waals surface area contributed by atoms with E-state index in [9.17, 15) is 18.6 Å². The van der Waals surface area contributed by atoms with Crippen molar-refractivity contribution in [3.05, 3.63) is 54.1 Å². The topological polar surface area (TPSA) is 77.8 Å². The molecular formula is C18H21NO4S. The number of phenols is 2. The molecule has 0 saturated carbocycles. The summed E-state index contributed by atoms with van der Waals surface area (Å²) < 4.78 is 27.2. The van der Waals surface area contributed by atoms with E-state index < -0.39 is 15.8 Å². The van der Waals surface area contributed by atoms with E-state index in [2.05, 4.69) is 0 Å². The van der Waals surface area contributed by atoms with E-state index >= 15 is 0 Å². The van der Waals surface area contributed by atoms with Gasteiger partial charge in [-0.05, 0) is 43.4 Å². The Morgan fingerprint density at radius 3 is 2.50 bits per heavy atom. The van der Waals surface area contributed by atoms with Crippen LogP contribution in [0.3, 0.4) is 0 Å². The van der Waals surface area contributed by atoms with E-state index in [0.717, 1.165) is 31.7 Å². The maximum atomic E-state index is 12.9. The Labute approximate surface area is 142 Å². The van der Waals surface area contributed by atoms with Crippen LogP contribution in [0.1, 0.15) is 24.8 Å². The first-order chi connectivity index (χ1) is 11.5. The van der Waals surface area contributed by atoms with Crippen molar-refractivity contribution < 1.29 is 18.6 Å². The summed E-state index contributed by atoms with van der Waals surface area (Å²) in [4.78, 5) is 0.0180. The average molecular weight is 347 g/mol. The highest BCUT2D eigenvalue weighted by molar-refractivity contribution is 7.89. The van der Waals surface area contributed by atoms with Crippen LogP contribution in [0.4, 0.5) is 0 Å². The van der Waals surface area contributed by atoms with Gasteiger partial charge in [0.1, 0.15) is 0 Å². The monoisotopic (exact) mass is 347 g/mol. The largest absolute Gasteiger partial charge is 0.504 e. The summed E-state index contributed by atoms with van der Waals surface area (Å²) in [5.74, 6) is -0.743. The molecule has 1 aliphatic rings. The molecule has 1 heterocycles. The molecule has 0 bridgehead atoms. The highest BCUT2D eigenvalue weighted by Gasteiger charge is 2.35. The summed E-state index contributed by atoms with van der Waals surface area (Å²) >= 11 is 0. The van der Waals surface area contributed by atoms with Crippen LogP contribution in [0.15, 0.2) is 53.4 Å². The molecule has 1 atom stereocenters. The second kappa shape index (κ2) is 6.83. The Balaban J connectivity index is 1.77. The first-order valence-electron chi connectivity index (χ1n) is 8.06. The third kappa shape index (κ3) is 3.39. The molecule has 1 aliphatic heterocycles. The number of phenolic OH excluding ortho intramolecular Hbond substituents is 2. The first kappa shape index (κ1) is 16.8. The molecule has 0 radical (unpaired) electrons. The molecular weight excluding hydrogens is 326 g/mol. The van der Waals surface area contributed by atoms with Crippen molar-refractivity contribution in [1.29, 1.82) is 0 Å². The Bertz CT molecular complexity index is 805. The second-order valence-electron chi connectivity index (χ2n) is 6.09. The second-order valence-corrected chi connectivity index (χ2v) is 7.98. The molecule has 0 spiro atoms. The average Bonchev–Trinajstić information content (AvgIpc) is 3.06. The minimum Gasteiger partial charge on any atom is -0.504 e. The van der Waals surface area contributed by atoms with Gasteiger partial charge in [0.25, 0.3) is 0 Å². The zero-order valence-electron chi connectivity index (χ0n) is 13.3. The van der Waals surface area contributed by atoms with Gasteiger partial charge in [-0.1, -0.05) is 30.3 Å². The highest BCUT2D eigenvalue weighted by Crippen LogP contribution is 2.32. The van der Waals surface area contributed by atoms with Crippen molar-refractivity contribution in [3.63, 3.8) is 0 Å². The van der Waals surface area contributed by atoms with Gasteiger partial charge in [-0.3, -0.25) is 0 Å². The Hall–Kier alpha value is -2.05. The maximum Gasteiger partial charge on any atom is 0.243 e. The number of benzene rings is 2. The van der Waals surface area contributed by atoms with Crippen molar-refractivity contribution >= 4 is 10.0 Å². The van der Waals surface area contributed by atoms with Gasteiger partial charge in [0, 0.05) is 18.7 Å². The maximum absolute atomic E-state index is 12.9. The van der Waals surface area contributed by atoms with Crippen molar-refractivity contribution in [1.82, 2.24) is 4.31 Å². The summed E-state index contributed by atoms with van der Waals surface area (Å²) in [7, 11) is -3.67. The number of hydrogen-bond acceptors (Lipinski definition) is 4. The molecule has 2 aromatic rings. The first-order valence-corrected chi connectivity index (χ1v) is 9.50. The van der Waals surface area contributed by atoms with Gasteiger partial charge in [0.2, 0.25) is 10.0 Å². The van der Waals surface area contributed by atoms with E-state index in [-0.39, 0.29) is 16.7 Å². The molecule has 1 saturated heterocycles. The van der Waals surface area contributed by atoms with E-state index in [0.29, 0.717) is 6.54 Å². The van der Waals surface area contributed by atoms with Crippen LogP contribution < -0.4 is 0 Å². The zero-order valence-corrected chi connectivity index (χ0v) is 14.1. The van der Waals surface area contributed by atoms with Crippen molar-refractivity contribution in [2.75, 3.05) is 6.54 Å². The molecule has 3 rings (SSSR count). The highest BCUT2D eigenvalue weighted by atomic mass is 32.2. The van der Waals surface area contributed by atoms with Gasteiger partial charge in [-0.25, -0.2) is 8.42 Å². The molecule has 1 fully saturated rings. The lowest BCUT2D eigenvalue weighted by molar-refractivity contribution is 0.369. The lowest BCUT2D eigenvalue weighted by Gasteiger charge is -2.24. The standard InChI is InChI=1S/C18H21NO4S/c20-17-11-10-16(13-18(17)21)24(22,23)19-12-4-7-15(19)9-8-14-5-2-1-3-6-14/h1-3,5-6,10-11,13,15,20-21H,4,7-9,12H2/t15-/m0/s1. The third-order valence-electron chi connectivity index (χ3n) is 4.49. The number of aromatic hydroxyl groups is 2. The lowest BCUT2D eigenvalue weighted by Crippen LogP contribution is -2.35. The van der Waals surface area contributed by atoms with Crippen LogP contribution in [-0.2, 0) is 16.4 Å². The van der Waals surface area contributed by atoms with Gasteiger partial charge in [0.15, 0.2) is 11.5 Å². The fraction of sp³-hybridized carbons (Fsp3) is 0.333. The van der Waals surface area contributed by atoms with Crippen molar-refractivity contribution in [2.45, 2.75) is 36.6 Å². The minimum absolute atomic E-state index is 0.0180. The predicted octanol–water partition coefficient (Wildman–Crippen LogP) is 2.88. The number of aryl methyl sites for hydroxylation is 1. The summed E-state index contributed by atoms with van der Waals surface area (Å²) in [5.41, 5.74) is 1.20. The van der Waals surface area contributed by atoms with Crippen LogP contribution in [0.5, 0.6) is 11.5 Å². The number of rotatable bonds is 5. The summed E-state index contributed by atoms with van der Waals surface area (Å²) in [6.45, 7) is 0.490. The molecule has 5 nitrogen and oxygen atoms in total. The van der Waals surface area contributed by atoms with E-state index in [1.54, 1.807) is 0 Å². The van der Waals surface area contributed by atoms with E-state index in [1.807, 2.05) is 30.3 Å². The summed E-state index contributed by atoms with van der Waals surface area (Å²) in [6.07, 6.45) is 3.28. The Morgan fingerprint density at radius 2 is 1.79 bits per heavy atom. The van der Waals surface area contributed by atoms with Crippen LogP contribution in [0.2, 0.25) is 0 Å². The molecule has 2 N–H and O–H groups in total. The van der Waals surface area contributed by atoms with Gasteiger partial charge < -0.3 is 10.2 Å². The normalized spacial score (nSPS) is 18.8. The van der Waals surface area contributed by atoms with Crippen LogP contribution >= 0.6 is 0 Å². The lowest BCUT2D eigenvalue weighted by atomic mass is 10.0.